The summed E-state index contributed by atoms with van der Waals surface area (Å²) in [6, 6.07) is 1.69. The summed E-state index contributed by atoms with van der Waals surface area (Å²) < 4.78 is 1.91. The molecule has 2 heterocycles. The zero-order valence-electron chi connectivity index (χ0n) is 8.30. The number of pyridine rings is 1. The SMILES string of the molecule is Cc1nc2c(Cl)cc(Cl)cn2c1CCN. The Morgan fingerprint density at radius 1 is 1.47 bits per heavy atom. The van der Waals surface area contributed by atoms with Gasteiger partial charge < -0.3 is 10.1 Å². The van der Waals surface area contributed by atoms with Crippen molar-refractivity contribution >= 4 is 28.8 Å². The Kier molecular flexibility index (Phi) is 2.87. The summed E-state index contributed by atoms with van der Waals surface area (Å²) in [7, 11) is 0. The number of fused-ring (bicyclic) bond motifs is 1. The summed E-state index contributed by atoms with van der Waals surface area (Å²) >= 11 is 12.0. The molecule has 0 aliphatic rings. The normalized spacial score (nSPS) is 11.2. The highest BCUT2D eigenvalue weighted by Gasteiger charge is 2.11. The van der Waals surface area contributed by atoms with Gasteiger partial charge in [0, 0.05) is 18.3 Å². The number of rotatable bonds is 2. The number of halogens is 2. The number of hydrogen-bond acceptors (Lipinski definition) is 2. The average Bonchev–Trinajstić information content (AvgIpc) is 2.46. The Balaban J connectivity index is 2.74. The predicted octanol–water partition coefficient (Wildman–Crippen LogP) is 2.45. The van der Waals surface area contributed by atoms with Crippen LogP contribution in [0.2, 0.25) is 10.0 Å². The molecule has 0 radical (unpaired) electrons. The summed E-state index contributed by atoms with van der Waals surface area (Å²) in [5.41, 5.74) is 8.30. The molecule has 0 aliphatic heterocycles. The monoisotopic (exact) mass is 243 g/mol. The zero-order chi connectivity index (χ0) is 11.0. The molecule has 2 N–H and O–H groups in total. The van der Waals surface area contributed by atoms with E-state index in [1.165, 1.54) is 0 Å². The van der Waals surface area contributed by atoms with Crippen LogP contribution in [0.5, 0.6) is 0 Å². The minimum atomic E-state index is 0.564. The van der Waals surface area contributed by atoms with Crippen LogP contribution < -0.4 is 5.73 Å². The van der Waals surface area contributed by atoms with Gasteiger partial charge in [-0.2, -0.15) is 0 Å². The number of aryl methyl sites for hydroxylation is 1. The van der Waals surface area contributed by atoms with Crippen molar-refractivity contribution in [2.75, 3.05) is 6.54 Å². The summed E-state index contributed by atoms with van der Waals surface area (Å²) in [6.45, 7) is 2.53. The largest absolute Gasteiger partial charge is 0.330 e. The van der Waals surface area contributed by atoms with Gasteiger partial charge in [-0.1, -0.05) is 23.2 Å². The molecule has 0 aliphatic carbocycles. The molecule has 2 aromatic heterocycles. The van der Waals surface area contributed by atoms with Crippen molar-refractivity contribution in [3.63, 3.8) is 0 Å². The standard InChI is InChI=1S/C10H11Cl2N3/c1-6-9(2-3-13)15-5-7(11)4-8(12)10(15)14-6/h4-5H,2-3,13H2,1H3. The van der Waals surface area contributed by atoms with Gasteiger partial charge in [0.15, 0.2) is 5.65 Å². The molecule has 3 nitrogen and oxygen atoms in total. The average molecular weight is 244 g/mol. The minimum Gasteiger partial charge on any atom is -0.330 e. The van der Waals surface area contributed by atoms with Gasteiger partial charge in [0.05, 0.1) is 15.7 Å². The number of nitrogens with two attached hydrogens (primary N) is 1. The van der Waals surface area contributed by atoms with Crippen molar-refractivity contribution in [2.24, 2.45) is 5.73 Å². The van der Waals surface area contributed by atoms with Gasteiger partial charge >= 0.3 is 0 Å². The fourth-order valence-electron chi connectivity index (χ4n) is 1.67. The summed E-state index contributed by atoms with van der Waals surface area (Å²) in [5, 5.41) is 1.16. The molecule has 0 aromatic carbocycles. The summed E-state index contributed by atoms with van der Waals surface area (Å²) in [6.07, 6.45) is 2.58. The number of nitrogens with zero attached hydrogens (tertiary/aromatic N) is 2. The Hall–Kier alpha value is -0.770. The highest BCUT2D eigenvalue weighted by atomic mass is 35.5. The Morgan fingerprint density at radius 2 is 2.20 bits per heavy atom. The first kappa shape index (κ1) is 10.7. The Labute approximate surface area is 97.8 Å². The second-order valence-electron chi connectivity index (χ2n) is 3.38. The smallest absolute Gasteiger partial charge is 0.156 e. The third-order valence-corrected chi connectivity index (χ3v) is 2.81. The second-order valence-corrected chi connectivity index (χ2v) is 4.23. The molecule has 0 spiro atoms. The van der Waals surface area contributed by atoms with Crippen LogP contribution in [0.4, 0.5) is 0 Å². The van der Waals surface area contributed by atoms with Crippen LogP contribution in [-0.2, 0) is 6.42 Å². The quantitative estimate of drug-likeness (QED) is 0.881. The van der Waals surface area contributed by atoms with E-state index in [0.29, 0.717) is 16.6 Å². The fraction of sp³-hybridized carbons (Fsp3) is 0.300. The summed E-state index contributed by atoms with van der Waals surface area (Å²) in [5.74, 6) is 0. The van der Waals surface area contributed by atoms with Gasteiger partial charge in [0.1, 0.15) is 0 Å². The molecule has 80 valence electrons. The van der Waals surface area contributed by atoms with E-state index >= 15 is 0 Å². The van der Waals surface area contributed by atoms with Gasteiger partial charge in [0.25, 0.3) is 0 Å². The Morgan fingerprint density at radius 3 is 2.87 bits per heavy atom. The zero-order valence-corrected chi connectivity index (χ0v) is 9.81. The molecule has 0 unspecified atom stereocenters. The minimum absolute atomic E-state index is 0.564. The first-order valence-corrected chi connectivity index (χ1v) is 5.41. The van der Waals surface area contributed by atoms with E-state index < -0.39 is 0 Å². The van der Waals surface area contributed by atoms with Crippen molar-refractivity contribution in [3.05, 3.63) is 33.7 Å². The topological polar surface area (TPSA) is 43.3 Å². The van der Waals surface area contributed by atoms with Crippen molar-refractivity contribution < 1.29 is 0 Å². The van der Waals surface area contributed by atoms with Crippen molar-refractivity contribution in [2.45, 2.75) is 13.3 Å². The molecular weight excluding hydrogens is 233 g/mol. The molecule has 0 saturated carbocycles. The lowest BCUT2D eigenvalue weighted by Gasteiger charge is -2.02. The molecular formula is C10H11Cl2N3. The third-order valence-electron chi connectivity index (χ3n) is 2.32. The van der Waals surface area contributed by atoms with E-state index in [1.54, 1.807) is 6.07 Å². The lowest BCUT2D eigenvalue weighted by atomic mass is 10.2. The van der Waals surface area contributed by atoms with Gasteiger partial charge in [-0.05, 0) is 19.5 Å². The van der Waals surface area contributed by atoms with Crippen LogP contribution in [0, 0.1) is 6.92 Å². The van der Waals surface area contributed by atoms with Crippen LogP contribution in [0.1, 0.15) is 11.4 Å². The van der Waals surface area contributed by atoms with Crippen LogP contribution in [0.15, 0.2) is 12.3 Å². The van der Waals surface area contributed by atoms with Crippen molar-refractivity contribution in [3.8, 4) is 0 Å². The van der Waals surface area contributed by atoms with Crippen molar-refractivity contribution in [1.29, 1.82) is 0 Å². The van der Waals surface area contributed by atoms with E-state index in [9.17, 15) is 0 Å². The molecule has 0 atom stereocenters. The van der Waals surface area contributed by atoms with E-state index in [-0.39, 0.29) is 0 Å². The van der Waals surface area contributed by atoms with Crippen LogP contribution in [-0.4, -0.2) is 15.9 Å². The maximum absolute atomic E-state index is 6.05. The van der Waals surface area contributed by atoms with Crippen LogP contribution in [0.25, 0.3) is 5.65 Å². The van der Waals surface area contributed by atoms with E-state index in [4.69, 9.17) is 28.9 Å². The van der Waals surface area contributed by atoms with E-state index in [1.807, 2.05) is 17.5 Å². The number of hydrogen-bond donors (Lipinski definition) is 1. The first-order chi connectivity index (χ1) is 7.13. The maximum Gasteiger partial charge on any atom is 0.156 e. The van der Waals surface area contributed by atoms with Crippen LogP contribution in [0.3, 0.4) is 0 Å². The van der Waals surface area contributed by atoms with Gasteiger partial charge in [-0.25, -0.2) is 4.98 Å². The van der Waals surface area contributed by atoms with Gasteiger partial charge in [-0.15, -0.1) is 0 Å². The second kappa shape index (κ2) is 4.00. The third kappa shape index (κ3) is 1.83. The molecule has 15 heavy (non-hydrogen) atoms. The fourth-order valence-corrected chi connectivity index (χ4v) is 2.18. The van der Waals surface area contributed by atoms with Crippen LogP contribution >= 0.6 is 23.2 Å². The lowest BCUT2D eigenvalue weighted by Crippen LogP contribution is -2.06. The van der Waals surface area contributed by atoms with Crippen molar-refractivity contribution in [1.82, 2.24) is 9.38 Å². The molecule has 0 bridgehead atoms. The molecule has 0 amide bonds. The molecule has 0 fully saturated rings. The maximum atomic E-state index is 6.05. The number of imidazole rings is 1. The molecule has 2 rings (SSSR count). The van der Waals surface area contributed by atoms with Gasteiger partial charge in [-0.3, -0.25) is 0 Å². The summed E-state index contributed by atoms with van der Waals surface area (Å²) in [4.78, 5) is 4.39. The molecule has 5 heteroatoms. The highest BCUT2D eigenvalue weighted by molar-refractivity contribution is 6.36. The van der Waals surface area contributed by atoms with E-state index in [0.717, 1.165) is 23.5 Å². The Bertz CT molecular complexity index is 505. The van der Waals surface area contributed by atoms with E-state index in [2.05, 4.69) is 4.98 Å². The lowest BCUT2D eigenvalue weighted by molar-refractivity contribution is 0.894. The first-order valence-electron chi connectivity index (χ1n) is 4.66. The number of aromatic nitrogens is 2. The molecule has 0 saturated heterocycles. The predicted molar refractivity (Wildman–Crippen MR) is 62.7 cm³/mol. The van der Waals surface area contributed by atoms with Gasteiger partial charge in [0.2, 0.25) is 0 Å². The highest BCUT2D eigenvalue weighted by Crippen LogP contribution is 2.24. The molecule has 2 aromatic rings.